The van der Waals surface area contributed by atoms with Crippen molar-refractivity contribution in [2.45, 2.75) is 33.6 Å². The number of aryl methyl sites for hydroxylation is 2. The first-order valence-corrected chi connectivity index (χ1v) is 9.60. The van der Waals surface area contributed by atoms with Crippen molar-refractivity contribution < 1.29 is 14.0 Å². The lowest BCUT2D eigenvalue weighted by Gasteiger charge is -2.09. The molecule has 0 aliphatic carbocycles. The molecule has 3 rings (SSSR count). The highest BCUT2D eigenvalue weighted by molar-refractivity contribution is 5.81. The zero-order chi connectivity index (χ0) is 21.0. The fourth-order valence-electron chi connectivity index (χ4n) is 3.19. The topological polar surface area (TPSA) is 75.5 Å². The summed E-state index contributed by atoms with van der Waals surface area (Å²) in [5, 5.41) is 5.58. The largest absolute Gasteiger partial charge is 0.356 e. The van der Waals surface area contributed by atoms with Crippen LogP contribution in [-0.2, 0) is 16.0 Å². The minimum absolute atomic E-state index is 0.0864. The molecule has 0 fully saturated rings. The Labute approximate surface area is 169 Å². The summed E-state index contributed by atoms with van der Waals surface area (Å²) in [4.78, 5) is 28.1. The van der Waals surface area contributed by atoms with Gasteiger partial charge >= 0.3 is 0 Å². The van der Waals surface area contributed by atoms with Crippen LogP contribution >= 0.6 is 0 Å². The number of imidazole rings is 1. The molecule has 6 nitrogen and oxygen atoms in total. The number of amides is 2. The summed E-state index contributed by atoms with van der Waals surface area (Å²) in [6.45, 7) is 6.14. The first-order chi connectivity index (χ1) is 13.8. The van der Waals surface area contributed by atoms with E-state index in [0.29, 0.717) is 30.8 Å². The number of nitrogens with zero attached hydrogens (tertiary/aromatic N) is 2. The molecule has 2 aromatic heterocycles. The van der Waals surface area contributed by atoms with Gasteiger partial charge in [0.1, 0.15) is 11.5 Å². The number of hydrogen-bond acceptors (Lipinski definition) is 3. The maximum atomic E-state index is 13.7. The highest BCUT2D eigenvalue weighted by Gasteiger charge is 2.18. The van der Waals surface area contributed by atoms with Crippen LogP contribution < -0.4 is 10.6 Å². The van der Waals surface area contributed by atoms with Crippen LogP contribution in [0.3, 0.4) is 0 Å². The molecule has 0 saturated carbocycles. The molecule has 7 heteroatoms. The summed E-state index contributed by atoms with van der Waals surface area (Å²) in [6, 6.07) is 8.73. The Balaban J connectivity index is 1.85. The molecule has 152 valence electrons. The summed E-state index contributed by atoms with van der Waals surface area (Å²) >= 11 is 0. The van der Waals surface area contributed by atoms with Gasteiger partial charge in [0.25, 0.3) is 0 Å². The Hall–Kier alpha value is -3.22. The van der Waals surface area contributed by atoms with Crippen LogP contribution in [-0.4, -0.2) is 34.3 Å². The molecule has 0 atom stereocenters. The number of fused-ring (bicyclic) bond motifs is 1. The average Bonchev–Trinajstić information content (AvgIpc) is 3.01. The van der Waals surface area contributed by atoms with Crippen molar-refractivity contribution in [3.8, 4) is 11.3 Å². The Bertz CT molecular complexity index is 1060. The van der Waals surface area contributed by atoms with Crippen molar-refractivity contribution in [1.29, 1.82) is 0 Å². The molecule has 0 aliphatic rings. The number of nitrogens with one attached hydrogen (secondary N) is 2. The number of carbonyl (C=O) groups excluding carboxylic acids is 2. The van der Waals surface area contributed by atoms with E-state index in [1.54, 1.807) is 19.1 Å². The first-order valence-electron chi connectivity index (χ1n) is 9.60. The van der Waals surface area contributed by atoms with E-state index in [1.807, 2.05) is 29.7 Å². The van der Waals surface area contributed by atoms with E-state index in [-0.39, 0.29) is 24.1 Å². The number of benzene rings is 1. The summed E-state index contributed by atoms with van der Waals surface area (Å²) in [7, 11) is 0. The summed E-state index contributed by atoms with van der Waals surface area (Å²) in [6.07, 6.45) is 2.75. The highest BCUT2D eigenvalue weighted by Crippen LogP contribution is 2.27. The lowest BCUT2D eigenvalue weighted by molar-refractivity contribution is -0.120. The predicted molar refractivity (Wildman–Crippen MR) is 110 cm³/mol. The smallest absolute Gasteiger partial charge is 0.226 e. The quantitative estimate of drug-likeness (QED) is 0.603. The minimum atomic E-state index is -0.271. The molecular weight excluding hydrogens is 371 g/mol. The van der Waals surface area contributed by atoms with Crippen molar-refractivity contribution in [3.05, 3.63) is 59.2 Å². The van der Waals surface area contributed by atoms with Crippen molar-refractivity contribution in [2.75, 3.05) is 13.1 Å². The normalized spacial score (nSPS) is 10.9. The third-order valence-corrected chi connectivity index (χ3v) is 4.67. The first kappa shape index (κ1) is 20.5. The average molecular weight is 396 g/mol. The number of carbonyl (C=O) groups is 2. The van der Waals surface area contributed by atoms with Gasteiger partial charge in [-0.05, 0) is 55.7 Å². The number of halogens is 1. The van der Waals surface area contributed by atoms with Gasteiger partial charge in [-0.25, -0.2) is 9.37 Å². The lowest BCUT2D eigenvalue weighted by Crippen LogP contribution is -2.30. The van der Waals surface area contributed by atoms with Crippen LogP contribution in [0, 0.1) is 19.7 Å². The molecule has 2 heterocycles. The third-order valence-electron chi connectivity index (χ3n) is 4.67. The fourth-order valence-corrected chi connectivity index (χ4v) is 3.19. The highest BCUT2D eigenvalue weighted by atomic mass is 19.1. The SMILES string of the molecule is CC(=O)NCCCNC(=O)Cc1c(-c2ccc(F)c(C)c2)nc2ccc(C)cn12. The second-order valence-electron chi connectivity index (χ2n) is 7.17. The molecule has 0 unspecified atom stereocenters. The van der Waals surface area contributed by atoms with E-state index >= 15 is 0 Å². The summed E-state index contributed by atoms with van der Waals surface area (Å²) < 4.78 is 15.6. The Morgan fingerprint density at radius 3 is 2.59 bits per heavy atom. The summed E-state index contributed by atoms with van der Waals surface area (Å²) in [5.74, 6) is -0.486. The van der Waals surface area contributed by atoms with Crippen molar-refractivity contribution >= 4 is 17.5 Å². The van der Waals surface area contributed by atoms with Gasteiger partial charge in [-0.3, -0.25) is 9.59 Å². The second-order valence-corrected chi connectivity index (χ2v) is 7.17. The van der Waals surface area contributed by atoms with Crippen LogP contribution in [0.1, 0.15) is 30.2 Å². The Morgan fingerprint density at radius 1 is 1.10 bits per heavy atom. The van der Waals surface area contributed by atoms with E-state index in [4.69, 9.17) is 4.98 Å². The lowest BCUT2D eigenvalue weighted by atomic mass is 10.1. The van der Waals surface area contributed by atoms with Crippen LogP contribution in [0.5, 0.6) is 0 Å². The number of rotatable bonds is 7. The molecule has 29 heavy (non-hydrogen) atoms. The molecule has 2 N–H and O–H groups in total. The number of aromatic nitrogens is 2. The van der Waals surface area contributed by atoms with Crippen molar-refractivity contribution in [3.63, 3.8) is 0 Å². The van der Waals surface area contributed by atoms with E-state index < -0.39 is 0 Å². The van der Waals surface area contributed by atoms with E-state index in [2.05, 4.69) is 10.6 Å². The van der Waals surface area contributed by atoms with Crippen LogP contribution in [0.15, 0.2) is 36.5 Å². The maximum Gasteiger partial charge on any atom is 0.226 e. The van der Waals surface area contributed by atoms with Gasteiger partial charge in [0, 0.05) is 31.8 Å². The van der Waals surface area contributed by atoms with Crippen LogP contribution in [0.2, 0.25) is 0 Å². The van der Waals surface area contributed by atoms with Gasteiger partial charge in [0.05, 0.1) is 17.8 Å². The molecule has 1 aromatic carbocycles. The van der Waals surface area contributed by atoms with Crippen LogP contribution in [0.25, 0.3) is 16.9 Å². The Morgan fingerprint density at radius 2 is 1.86 bits per heavy atom. The van der Waals surface area contributed by atoms with Crippen molar-refractivity contribution in [2.24, 2.45) is 0 Å². The number of pyridine rings is 1. The third kappa shape index (κ3) is 4.99. The zero-order valence-electron chi connectivity index (χ0n) is 16.9. The standard InChI is InChI=1S/C22H25FN4O2/c1-14-5-8-20-26-22(17-6-7-18(23)15(2)11-17)19(27(20)13-14)12-21(29)25-10-4-9-24-16(3)28/h5-8,11,13H,4,9-10,12H2,1-3H3,(H,24,28)(H,25,29). The monoisotopic (exact) mass is 396 g/mol. The predicted octanol–water partition coefficient (Wildman–Crippen LogP) is 2.94. The molecule has 0 bridgehead atoms. The Kier molecular flexibility index (Phi) is 6.26. The van der Waals surface area contributed by atoms with Gasteiger partial charge in [-0.2, -0.15) is 0 Å². The molecule has 0 spiro atoms. The minimum Gasteiger partial charge on any atom is -0.356 e. The van der Waals surface area contributed by atoms with E-state index in [1.165, 1.54) is 13.0 Å². The van der Waals surface area contributed by atoms with E-state index in [0.717, 1.165) is 22.5 Å². The van der Waals surface area contributed by atoms with Gasteiger partial charge < -0.3 is 15.0 Å². The fraction of sp³-hybridized carbons (Fsp3) is 0.318. The summed E-state index contributed by atoms with van der Waals surface area (Å²) in [5.41, 5.74) is 4.53. The second kappa shape index (κ2) is 8.86. The molecule has 3 aromatic rings. The van der Waals surface area contributed by atoms with Crippen LogP contribution in [0.4, 0.5) is 4.39 Å². The van der Waals surface area contributed by atoms with Gasteiger partial charge in [0.2, 0.25) is 11.8 Å². The van der Waals surface area contributed by atoms with Gasteiger partial charge in [-0.15, -0.1) is 0 Å². The molecule has 0 aliphatic heterocycles. The van der Waals surface area contributed by atoms with Crippen molar-refractivity contribution in [1.82, 2.24) is 20.0 Å². The molecule has 0 radical (unpaired) electrons. The number of hydrogen-bond donors (Lipinski definition) is 2. The molecular formula is C22H25FN4O2. The van der Waals surface area contributed by atoms with Gasteiger partial charge in [-0.1, -0.05) is 6.07 Å². The maximum absolute atomic E-state index is 13.7. The molecule has 2 amide bonds. The van der Waals surface area contributed by atoms with E-state index in [9.17, 15) is 14.0 Å². The zero-order valence-corrected chi connectivity index (χ0v) is 16.9. The van der Waals surface area contributed by atoms with Gasteiger partial charge in [0.15, 0.2) is 0 Å². The molecule has 0 saturated heterocycles.